The van der Waals surface area contributed by atoms with Crippen molar-refractivity contribution >= 4 is 16.9 Å². The lowest BCUT2D eigenvalue weighted by atomic mass is 10.2. The first-order valence-electron chi connectivity index (χ1n) is 9.59. The Morgan fingerprint density at radius 2 is 2.03 bits per heavy atom. The molecular formula is C21H23FN4O3. The largest absolute Gasteiger partial charge is 0.493 e. The van der Waals surface area contributed by atoms with E-state index in [1.54, 1.807) is 25.3 Å². The van der Waals surface area contributed by atoms with Crippen molar-refractivity contribution in [3.63, 3.8) is 0 Å². The Hall–Kier alpha value is -3.29. The third-order valence-electron chi connectivity index (χ3n) is 4.72. The summed E-state index contributed by atoms with van der Waals surface area (Å²) < 4.78 is 27.4. The van der Waals surface area contributed by atoms with E-state index in [2.05, 4.69) is 10.4 Å². The quantitative estimate of drug-likeness (QED) is 0.608. The number of hydrogen-bond acceptors (Lipinski definition) is 4. The summed E-state index contributed by atoms with van der Waals surface area (Å²) in [5.41, 5.74) is 6.12. The van der Waals surface area contributed by atoms with E-state index in [-0.39, 0.29) is 12.6 Å². The zero-order valence-electron chi connectivity index (χ0n) is 16.1. The molecule has 0 spiro atoms. The van der Waals surface area contributed by atoms with Gasteiger partial charge in [-0.05, 0) is 49.9 Å². The molecule has 0 bridgehead atoms. The number of carbonyl (C=O) groups excluding carboxylic acids is 1. The number of nitrogens with one attached hydrogen (secondary N) is 1. The average Bonchev–Trinajstić information content (AvgIpc) is 3.41. The Morgan fingerprint density at radius 3 is 2.76 bits per heavy atom. The Morgan fingerprint density at radius 1 is 1.28 bits per heavy atom. The normalized spacial score (nSPS) is 14.6. The van der Waals surface area contributed by atoms with Crippen LogP contribution in [0.15, 0.2) is 42.6 Å². The van der Waals surface area contributed by atoms with Crippen molar-refractivity contribution in [2.45, 2.75) is 25.8 Å². The number of amides is 2. The maximum Gasteiger partial charge on any atom is 0.312 e. The molecule has 0 unspecified atom stereocenters. The molecule has 29 heavy (non-hydrogen) atoms. The minimum atomic E-state index is -0.630. The summed E-state index contributed by atoms with van der Waals surface area (Å²) in [6.07, 6.45) is 4.24. The molecule has 1 heterocycles. The fraction of sp³-hybridized carbons (Fsp3) is 0.333. The van der Waals surface area contributed by atoms with Gasteiger partial charge in [-0.15, -0.1) is 0 Å². The summed E-state index contributed by atoms with van der Waals surface area (Å²) in [7, 11) is 0. The molecule has 2 amide bonds. The lowest BCUT2D eigenvalue weighted by Gasteiger charge is -2.14. The molecule has 1 aromatic heterocycles. The second kappa shape index (κ2) is 7.98. The predicted octanol–water partition coefficient (Wildman–Crippen LogP) is 3.39. The molecule has 8 heteroatoms. The van der Waals surface area contributed by atoms with Gasteiger partial charge in [0.15, 0.2) is 5.82 Å². The Balaban J connectivity index is 1.47. The van der Waals surface area contributed by atoms with E-state index in [0.29, 0.717) is 17.4 Å². The number of urea groups is 1. The Labute approximate surface area is 167 Å². The molecule has 1 atom stereocenters. The van der Waals surface area contributed by atoms with Crippen molar-refractivity contribution in [1.82, 2.24) is 15.1 Å². The minimum Gasteiger partial charge on any atom is -0.493 e. The van der Waals surface area contributed by atoms with Crippen LogP contribution in [0.25, 0.3) is 16.6 Å². The topological polar surface area (TPSA) is 91.4 Å². The number of benzene rings is 2. The molecule has 2 aromatic carbocycles. The van der Waals surface area contributed by atoms with Gasteiger partial charge in [0.05, 0.1) is 18.2 Å². The lowest BCUT2D eigenvalue weighted by Crippen LogP contribution is -2.40. The highest BCUT2D eigenvalue weighted by molar-refractivity contribution is 5.80. The van der Waals surface area contributed by atoms with Gasteiger partial charge in [0.25, 0.3) is 0 Å². The van der Waals surface area contributed by atoms with Gasteiger partial charge in [0.1, 0.15) is 23.8 Å². The van der Waals surface area contributed by atoms with Crippen LogP contribution in [0.4, 0.5) is 9.18 Å². The molecule has 7 nitrogen and oxygen atoms in total. The van der Waals surface area contributed by atoms with Gasteiger partial charge in [-0.3, -0.25) is 0 Å². The number of halogens is 1. The van der Waals surface area contributed by atoms with Crippen LogP contribution in [0.3, 0.4) is 0 Å². The second-order valence-corrected chi connectivity index (χ2v) is 7.38. The second-order valence-electron chi connectivity index (χ2n) is 7.38. The molecule has 0 saturated heterocycles. The summed E-state index contributed by atoms with van der Waals surface area (Å²) in [4.78, 5) is 10.8. The number of hydrogen-bond donors (Lipinski definition) is 2. The number of carbonyl (C=O) groups is 1. The molecule has 0 radical (unpaired) electrons. The lowest BCUT2D eigenvalue weighted by molar-refractivity contribution is 0.233. The SMILES string of the molecule is C[C@@H](COc1ccc(-n2cc3ccc(OCC4CC4)cc3n2)c(F)c1)NC(N)=O. The standard InChI is InChI=1S/C21H23FN4O3/c1-13(24-21(23)27)11-28-16-6-7-20(18(22)8-16)26-10-15-4-5-17(9-19(15)25-26)29-12-14-2-3-14/h4-10,13-14H,2-3,11-12H2,1H3,(H3,23,24,27)/t13-/m0/s1. The van der Waals surface area contributed by atoms with Crippen LogP contribution < -0.4 is 20.5 Å². The number of nitrogens with two attached hydrogens (primary N) is 1. The molecule has 0 aliphatic heterocycles. The van der Waals surface area contributed by atoms with Gasteiger partial charge in [-0.1, -0.05) is 0 Å². The summed E-state index contributed by atoms with van der Waals surface area (Å²) >= 11 is 0. The van der Waals surface area contributed by atoms with Gasteiger partial charge >= 0.3 is 6.03 Å². The third-order valence-corrected chi connectivity index (χ3v) is 4.72. The van der Waals surface area contributed by atoms with E-state index in [0.717, 1.165) is 23.3 Å². The fourth-order valence-corrected chi connectivity index (χ4v) is 2.98. The first kappa shape index (κ1) is 19.0. The number of ether oxygens (including phenoxy) is 2. The Kier molecular flexibility index (Phi) is 5.24. The maximum atomic E-state index is 14.6. The van der Waals surface area contributed by atoms with Crippen molar-refractivity contribution in [2.75, 3.05) is 13.2 Å². The van der Waals surface area contributed by atoms with Gasteiger partial charge in [0.2, 0.25) is 0 Å². The van der Waals surface area contributed by atoms with Crippen molar-refractivity contribution in [3.05, 3.63) is 48.4 Å². The number of fused-ring (bicyclic) bond motifs is 1. The van der Waals surface area contributed by atoms with Crippen LogP contribution in [-0.4, -0.2) is 35.1 Å². The van der Waals surface area contributed by atoms with Crippen molar-refractivity contribution in [2.24, 2.45) is 11.7 Å². The fourth-order valence-electron chi connectivity index (χ4n) is 2.98. The summed E-state index contributed by atoms with van der Waals surface area (Å²) in [5.74, 6) is 1.35. The molecule has 1 aliphatic carbocycles. The molecular weight excluding hydrogens is 375 g/mol. The highest BCUT2D eigenvalue weighted by Crippen LogP contribution is 2.30. The maximum absolute atomic E-state index is 14.6. The van der Waals surface area contributed by atoms with E-state index >= 15 is 0 Å². The van der Waals surface area contributed by atoms with Crippen LogP contribution in [-0.2, 0) is 0 Å². The van der Waals surface area contributed by atoms with Crippen LogP contribution >= 0.6 is 0 Å². The average molecular weight is 398 g/mol. The third kappa shape index (κ3) is 4.77. The van der Waals surface area contributed by atoms with Gasteiger partial charge in [-0.2, -0.15) is 5.10 Å². The first-order chi connectivity index (χ1) is 14.0. The van der Waals surface area contributed by atoms with Gasteiger partial charge in [0, 0.05) is 23.7 Å². The number of aromatic nitrogens is 2. The van der Waals surface area contributed by atoms with E-state index in [9.17, 15) is 9.18 Å². The Bertz CT molecular complexity index is 1030. The zero-order chi connectivity index (χ0) is 20.4. The summed E-state index contributed by atoms with van der Waals surface area (Å²) in [6.45, 7) is 2.65. The van der Waals surface area contributed by atoms with Crippen molar-refractivity contribution in [1.29, 1.82) is 0 Å². The van der Waals surface area contributed by atoms with E-state index in [1.807, 2.05) is 18.2 Å². The molecule has 1 saturated carbocycles. The number of primary amides is 1. The van der Waals surface area contributed by atoms with Crippen molar-refractivity contribution in [3.8, 4) is 17.2 Å². The van der Waals surface area contributed by atoms with E-state index < -0.39 is 11.8 Å². The highest BCUT2D eigenvalue weighted by Gasteiger charge is 2.22. The van der Waals surface area contributed by atoms with Crippen LogP contribution in [0.5, 0.6) is 11.5 Å². The van der Waals surface area contributed by atoms with Crippen molar-refractivity contribution < 1.29 is 18.7 Å². The first-order valence-corrected chi connectivity index (χ1v) is 9.59. The summed E-state index contributed by atoms with van der Waals surface area (Å²) in [5, 5.41) is 7.87. The number of nitrogens with zero attached hydrogens (tertiary/aromatic N) is 2. The van der Waals surface area contributed by atoms with Crippen LogP contribution in [0.1, 0.15) is 19.8 Å². The van der Waals surface area contributed by atoms with Gasteiger partial charge < -0.3 is 20.5 Å². The highest BCUT2D eigenvalue weighted by atomic mass is 19.1. The molecule has 152 valence electrons. The van der Waals surface area contributed by atoms with Gasteiger partial charge in [-0.25, -0.2) is 13.9 Å². The molecule has 1 aliphatic rings. The summed E-state index contributed by atoms with van der Waals surface area (Å²) in [6, 6.07) is 9.34. The molecule has 1 fully saturated rings. The monoisotopic (exact) mass is 398 g/mol. The molecule has 3 aromatic rings. The smallest absolute Gasteiger partial charge is 0.312 e. The zero-order valence-corrected chi connectivity index (χ0v) is 16.1. The van der Waals surface area contributed by atoms with E-state index in [4.69, 9.17) is 15.2 Å². The number of rotatable bonds is 8. The van der Waals surface area contributed by atoms with Crippen LogP contribution in [0.2, 0.25) is 0 Å². The predicted molar refractivity (Wildman–Crippen MR) is 107 cm³/mol. The molecule has 4 rings (SSSR count). The molecule has 3 N–H and O–H groups in total. The van der Waals surface area contributed by atoms with Crippen LogP contribution in [0, 0.1) is 11.7 Å². The van der Waals surface area contributed by atoms with E-state index in [1.165, 1.54) is 23.6 Å². The minimum absolute atomic E-state index is 0.178.